The molecule has 1 saturated heterocycles. The van der Waals surface area contributed by atoms with Gasteiger partial charge < -0.3 is 10.1 Å². The summed E-state index contributed by atoms with van der Waals surface area (Å²) in [4.78, 5) is 39.4. The molecule has 10 heteroatoms. The van der Waals surface area contributed by atoms with Gasteiger partial charge >= 0.3 is 6.03 Å². The summed E-state index contributed by atoms with van der Waals surface area (Å²) in [5, 5.41) is 13.7. The lowest BCUT2D eigenvalue weighted by Gasteiger charge is -2.22. The number of imide groups is 1. The van der Waals surface area contributed by atoms with E-state index in [4.69, 9.17) is 4.74 Å². The summed E-state index contributed by atoms with van der Waals surface area (Å²) >= 11 is 0. The maximum absolute atomic E-state index is 13.2. The molecule has 0 aliphatic carbocycles. The molecular formula is C21H20N6O4. The van der Waals surface area contributed by atoms with Gasteiger partial charge in [-0.2, -0.15) is 0 Å². The highest BCUT2D eigenvalue weighted by Gasteiger charge is 2.49. The number of nitrogens with one attached hydrogen (secondary N) is 1. The molecule has 1 aliphatic heterocycles. The number of hydrogen-bond donors (Lipinski definition) is 1. The Morgan fingerprint density at radius 3 is 2.61 bits per heavy atom. The zero-order chi connectivity index (χ0) is 22.0. The largest absolute Gasteiger partial charge is 0.494 e. The SMILES string of the molecule is CCOc1ccc(C(=O)CN2C(=O)N[C@@](C)(c3cccc(-n4cnnn4)c3)C2=O)cc1. The second-order valence-corrected chi connectivity index (χ2v) is 7.13. The third-order valence-corrected chi connectivity index (χ3v) is 5.10. The van der Waals surface area contributed by atoms with E-state index in [-0.39, 0.29) is 12.3 Å². The molecule has 0 unspecified atom stereocenters. The summed E-state index contributed by atoms with van der Waals surface area (Å²) in [6, 6.07) is 12.9. The van der Waals surface area contributed by atoms with Crippen LogP contribution in [0.25, 0.3) is 5.69 Å². The van der Waals surface area contributed by atoms with Gasteiger partial charge in [-0.15, -0.1) is 5.10 Å². The number of amides is 3. The van der Waals surface area contributed by atoms with Gasteiger partial charge in [0.2, 0.25) is 0 Å². The van der Waals surface area contributed by atoms with Crippen molar-refractivity contribution in [1.29, 1.82) is 0 Å². The molecule has 3 amide bonds. The van der Waals surface area contributed by atoms with Crippen LogP contribution in [0.2, 0.25) is 0 Å². The summed E-state index contributed by atoms with van der Waals surface area (Å²) in [7, 11) is 0. The molecular weight excluding hydrogens is 400 g/mol. The molecule has 2 heterocycles. The molecule has 0 bridgehead atoms. The Bertz CT molecular complexity index is 1130. The summed E-state index contributed by atoms with van der Waals surface area (Å²) in [6.07, 6.45) is 1.43. The molecule has 2 aromatic carbocycles. The number of hydrogen-bond acceptors (Lipinski definition) is 7. The zero-order valence-electron chi connectivity index (χ0n) is 17.0. The molecule has 1 atom stereocenters. The minimum atomic E-state index is -1.32. The summed E-state index contributed by atoms with van der Waals surface area (Å²) in [5.74, 6) is -0.215. The van der Waals surface area contributed by atoms with Crippen LogP contribution in [0.5, 0.6) is 5.75 Å². The van der Waals surface area contributed by atoms with Crippen molar-refractivity contribution in [2.24, 2.45) is 0 Å². The first kappa shape index (κ1) is 20.2. The van der Waals surface area contributed by atoms with Gasteiger partial charge in [-0.25, -0.2) is 9.48 Å². The fourth-order valence-electron chi connectivity index (χ4n) is 3.41. The Labute approximate surface area is 177 Å². The maximum atomic E-state index is 13.2. The quantitative estimate of drug-likeness (QED) is 0.456. The highest BCUT2D eigenvalue weighted by molar-refractivity contribution is 6.11. The molecule has 0 radical (unpaired) electrons. The smallest absolute Gasteiger partial charge is 0.325 e. The number of rotatable bonds is 7. The Morgan fingerprint density at radius 2 is 1.94 bits per heavy atom. The average Bonchev–Trinajstić information content (AvgIpc) is 3.39. The number of carbonyl (C=O) groups is 3. The molecule has 10 nitrogen and oxygen atoms in total. The van der Waals surface area contributed by atoms with Gasteiger partial charge in [0.1, 0.15) is 17.6 Å². The zero-order valence-corrected chi connectivity index (χ0v) is 17.0. The van der Waals surface area contributed by atoms with Crippen molar-refractivity contribution in [2.45, 2.75) is 19.4 Å². The van der Waals surface area contributed by atoms with E-state index in [1.165, 1.54) is 11.0 Å². The van der Waals surface area contributed by atoms with E-state index in [9.17, 15) is 14.4 Å². The number of urea groups is 1. The third kappa shape index (κ3) is 3.75. The van der Waals surface area contributed by atoms with E-state index < -0.39 is 17.5 Å². The molecule has 1 N–H and O–H groups in total. The highest BCUT2D eigenvalue weighted by atomic mass is 16.5. The fourth-order valence-corrected chi connectivity index (χ4v) is 3.41. The van der Waals surface area contributed by atoms with Crippen molar-refractivity contribution in [3.63, 3.8) is 0 Å². The fraction of sp³-hybridized carbons (Fsp3) is 0.238. The molecule has 1 aromatic heterocycles. The third-order valence-electron chi connectivity index (χ3n) is 5.10. The van der Waals surface area contributed by atoms with E-state index in [1.807, 2.05) is 6.92 Å². The summed E-state index contributed by atoms with van der Waals surface area (Å²) in [5.41, 5.74) is 0.253. The number of Topliss-reactive ketones (excluding diaryl/α,β-unsaturated/α-hetero) is 1. The number of carbonyl (C=O) groups excluding carboxylic acids is 3. The Morgan fingerprint density at radius 1 is 1.16 bits per heavy atom. The van der Waals surface area contributed by atoms with Gasteiger partial charge in [-0.3, -0.25) is 14.5 Å². The molecule has 3 aromatic rings. The number of benzene rings is 2. The topological polar surface area (TPSA) is 119 Å². The molecule has 31 heavy (non-hydrogen) atoms. The van der Waals surface area contributed by atoms with Crippen LogP contribution in [0.4, 0.5) is 4.79 Å². The first-order valence-corrected chi connectivity index (χ1v) is 9.66. The Kier molecular flexibility index (Phi) is 5.20. The van der Waals surface area contributed by atoms with E-state index >= 15 is 0 Å². The van der Waals surface area contributed by atoms with Crippen molar-refractivity contribution in [3.8, 4) is 11.4 Å². The molecule has 158 valence electrons. The van der Waals surface area contributed by atoms with Crippen LogP contribution >= 0.6 is 0 Å². The van der Waals surface area contributed by atoms with Crippen molar-refractivity contribution in [1.82, 2.24) is 30.4 Å². The predicted molar refractivity (Wildman–Crippen MR) is 109 cm³/mol. The molecule has 1 aliphatic rings. The van der Waals surface area contributed by atoms with E-state index in [2.05, 4.69) is 20.8 Å². The lowest BCUT2D eigenvalue weighted by atomic mass is 9.91. The van der Waals surface area contributed by atoms with Gasteiger partial charge in [0.05, 0.1) is 18.8 Å². The number of nitrogens with zero attached hydrogens (tertiary/aromatic N) is 5. The van der Waals surface area contributed by atoms with E-state index in [0.717, 1.165) is 4.90 Å². The highest BCUT2D eigenvalue weighted by Crippen LogP contribution is 2.30. The van der Waals surface area contributed by atoms with Crippen LogP contribution in [0.3, 0.4) is 0 Å². The van der Waals surface area contributed by atoms with Gasteiger partial charge in [0.15, 0.2) is 5.78 Å². The first-order valence-electron chi connectivity index (χ1n) is 9.66. The molecule has 0 spiro atoms. The van der Waals surface area contributed by atoms with Crippen molar-refractivity contribution in [3.05, 3.63) is 66.0 Å². The minimum absolute atomic E-state index is 0.349. The normalized spacial score (nSPS) is 18.2. The number of aromatic nitrogens is 4. The molecule has 4 rings (SSSR count). The van der Waals surface area contributed by atoms with Crippen LogP contribution in [0.15, 0.2) is 54.9 Å². The Hall–Kier alpha value is -4.08. The summed E-state index contributed by atoms with van der Waals surface area (Å²) < 4.78 is 6.81. The number of ether oxygens (including phenoxy) is 1. The second-order valence-electron chi connectivity index (χ2n) is 7.13. The monoisotopic (exact) mass is 420 g/mol. The van der Waals surface area contributed by atoms with Crippen LogP contribution in [0, 0.1) is 0 Å². The van der Waals surface area contributed by atoms with Crippen LogP contribution in [0.1, 0.15) is 29.8 Å². The number of ketones is 1. The predicted octanol–water partition coefficient (Wildman–Crippen LogP) is 1.71. The van der Waals surface area contributed by atoms with E-state index in [0.29, 0.717) is 29.2 Å². The first-order chi connectivity index (χ1) is 14.9. The van der Waals surface area contributed by atoms with Crippen LogP contribution in [-0.4, -0.2) is 56.0 Å². The minimum Gasteiger partial charge on any atom is -0.494 e. The lowest BCUT2D eigenvalue weighted by Crippen LogP contribution is -2.41. The van der Waals surface area contributed by atoms with Crippen LogP contribution in [-0.2, 0) is 10.3 Å². The van der Waals surface area contributed by atoms with Gasteiger partial charge in [0, 0.05) is 5.56 Å². The lowest BCUT2D eigenvalue weighted by molar-refractivity contribution is -0.130. The van der Waals surface area contributed by atoms with Crippen molar-refractivity contribution >= 4 is 17.7 Å². The number of tetrazole rings is 1. The Balaban J connectivity index is 1.54. The van der Waals surface area contributed by atoms with Crippen molar-refractivity contribution in [2.75, 3.05) is 13.2 Å². The van der Waals surface area contributed by atoms with Gasteiger partial charge in [-0.05, 0) is 66.2 Å². The van der Waals surface area contributed by atoms with Gasteiger partial charge in [0.25, 0.3) is 5.91 Å². The van der Waals surface area contributed by atoms with E-state index in [1.54, 1.807) is 55.5 Å². The summed E-state index contributed by atoms with van der Waals surface area (Å²) in [6.45, 7) is 3.63. The van der Waals surface area contributed by atoms with Crippen LogP contribution < -0.4 is 10.1 Å². The molecule has 0 saturated carbocycles. The average molecular weight is 420 g/mol. The van der Waals surface area contributed by atoms with Crippen molar-refractivity contribution < 1.29 is 19.1 Å². The maximum Gasteiger partial charge on any atom is 0.325 e. The standard InChI is InChI=1S/C21H20N6O4/c1-3-31-17-9-7-14(8-10-17)18(28)12-26-19(29)21(2,23-20(26)30)15-5-4-6-16(11-15)27-13-22-24-25-27/h4-11,13H,3,12H2,1-2H3,(H,23,30)/t21-/m0/s1. The molecule has 1 fully saturated rings. The second kappa shape index (κ2) is 7.98. The van der Waals surface area contributed by atoms with Gasteiger partial charge in [-0.1, -0.05) is 12.1 Å².